The summed E-state index contributed by atoms with van der Waals surface area (Å²) in [6, 6.07) is 32.1. The van der Waals surface area contributed by atoms with Gasteiger partial charge in [0.25, 0.3) is 5.01 Å². The maximum atomic E-state index is 12.6. The van der Waals surface area contributed by atoms with Crippen LogP contribution in [0.1, 0.15) is 59.5 Å². The Morgan fingerprint density at radius 1 is 0.800 bits per heavy atom. The summed E-state index contributed by atoms with van der Waals surface area (Å²) in [4.78, 5) is 43.1. The predicted molar refractivity (Wildman–Crippen MR) is 259 cm³/mol. The molecule has 2 amide bonds. The highest BCUT2D eigenvalue weighted by atomic mass is 32.2. The number of esters is 1. The van der Waals surface area contributed by atoms with Crippen LogP contribution in [0.15, 0.2) is 142 Å². The number of aromatic nitrogens is 1. The minimum absolute atomic E-state index is 0.0156. The number of carbonyl (C=O) groups excluding carboxylic acids is 3. The van der Waals surface area contributed by atoms with E-state index in [0.29, 0.717) is 31.5 Å². The molecule has 0 unspecified atom stereocenters. The molecule has 17 heteroatoms. The monoisotopic (exact) mass is 952 g/mol. The van der Waals surface area contributed by atoms with E-state index in [0.717, 1.165) is 90.0 Å². The van der Waals surface area contributed by atoms with Crippen molar-refractivity contribution in [2.45, 2.75) is 56.9 Å². The number of rotatable bonds is 17. The first kappa shape index (κ1) is 47.0. The van der Waals surface area contributed by atoms with E-state index in [9.17, 15) is 31.2 Å². The zero-order valence-electron chi connectivity index (χ0n) is 36.4. The number of anilines is 3. The van der Waals surface area contributed by atoms with Gasteiger partial charge < -0.3 is 14.5 Å². The lowest BCUT2D eigenvalue weighted by molar-refractivity contribution is -0.669. The molecule has 0 saturated carbocycles. The lowest BCUT2D eigenvalue weighted by Crippen LogP contribution is -2.36. The van der Waals surface area contributed by atoms with Crippen LogP contribution in [0.25, 0.3) is 16.3 Å². The average Bonchev–Trinajstić information content (AvgIpc) is 3.93. The molecule has 338 valence electrons. The molecule has 65 heavy (non-hydrogen) atoms. The number of amides is 2. The molecule has 0 radical (unpaired) electrons. The Kier molecular flexibility index (Phi) is 14.8. The molecule has 4 aromatic carbocycles. The van der Waals surface area contributed by atoms with E-state index in [1.807, 2.05) is 54.1 Å². The van der Waals surface area contributed by atoms with E-state index in [1.165, 1.54) is 7.11 Å². The maximum Gasteiger partial charge on any atom is 0.338 e. The fourth-order valence-electron chi connectivity index (χ4n) is 7.81. The molecule has 0 spiro atoms. The molecule has 7 rings (SSSR count). The number of methoxy groups -OCH3 is 1. The molecular weight excluding hydrogens is 903 g/mol. The van der Waals surface area contributed by atoms with E-state index >= 15 is 0 Å². The van der Waals surface area contributed by atoms with Gasteiger partial charge in [0.1, 0.15) is 4.70 Å². The molecule has 0 atom stereocenters. The lowest BCUT2D eigenvalue weighted by Gasteiger charge is -2.28. The molecule has 5 aromatic rings. The molecule has 1 aromatic heterocycles. The van der Waals surface area contributed by atoms with Crippen LogP contribution in [-0.2, 0) is 40.9 Å². The molecule has 0 bridgehead atoms. The van der Waals surface area contributed by atoms with Gasteiger partial charge in [0.2, 0.25) is 37.4 Å². The van der Waals surface area contributed by atoms with Crippen molar-refractivity contribution in [3.8, 4) is 0 Å². The van der Waals surface area contributed by atoms with Crippen LogP contribution in [0, 0.1) is 6.92 Å². The molecule has 0 saturated heterocycles. The van der Waals surface area contributed by atoms with E-state index in [1.54, 1.807) is 35.2 Å². The van der Waals surface area contributed by atoms with Gasteiger partial charge in [-0.25, -0.2) is 21.6 Å². The van der Waals surface area contributed by atoms with Gasteiger partial charge in [0, 0.05) is 54.2 Å². The predicted octanol–water partition coefficient (Wildman–Crippen LogP) is 8.28. The van der Waals surface area contributed by atoms with Crippen LogP contribution in [0.4, 0.5) is 17.1 Å². The van der Waals surface area contributed by atoms with Gasteiger partial charge in [-0.05, 0) is 104 Å². The molecular formula is C48H50N5O8S4+. The summed E-state index contributed by atoms with van der Waals surface area (Å²) in [5, 5.41) is 1.86. The van der Waals surface area contributed by atoms with Gasteiger partial charge in [0.05, 0.1) is 41.6 Å². The maximum absolute atomic E-state index is 12.6. The number of benzene rings is 4. The van der Waals surface area contributed by atoms with Crippen LogP contribution in [-0.4, -0.2) is 60.8 Å². The van der Waals surface area contributed by atoms with Crippen molar-refractivity contribution in [1.29, 1.82) is 0 Å². The first-order chi connectivity index (χ1) is 31.1. The van der Waals surface area contributed by atoms with Crippen LogP contribution in [0.2, 0.25) is 0 Å². The van der Waals surface area contributed by atoms with Crippen LogP contribution in [0.3, 0.4) is 0 Å². The summed E-state index contributed by atoms with van der Waals surface area (Å²) < 4.78 is 58.9. The smallest absolute Gasteiger partial charge is 0.338 e. The second-order valence-electron chi connectivity index (χ2n) is 15.7. The zero-order chi connectivity index (χ0) is 46.3. The number of para-hydroxylation sites is 2. The quantitative estimate of drug-likeness (QED) is 0.0682. The zero-order valence-corrected chi connectivity index (χ0v) is 39.7. The number of hydrogen-bond acceptors (Lipinski definition) is 12. The number of fused-ring (bicyclic) bond motifs is 2. The number of hydrogen-bond donors (Lipinski definition) is 2. The third kappa shape index (κ3) is 12.0. The lowest BCUT2D eigenvalue weighted by atomic mass is 10.1. The van der Waals surface area contributed by atoms with E-state index in [4.69, 9.17) is 4.74 Å². The summed E-state index contributed by atoms with van der Waals surface area (Å²) >= 11 is 3.20. The van der Waals surface area contributed by atoms with Gasteiger partial charge in [0.15, 0.2) is 6.54 Å². The van der Waals surface area contributed by atoms with Crippen molar-refractivity contribution in [3.63, 3.8) is 0 Å². The van der Waals surface area contributed by atoms with E-state index in [2.05, 4.69) is 85.9 Å². The Hall–Kier alpha value is -6.01. The van der Waals surface area contributed by atoms with Crippen LogP contribution in [0.5, 0.6) is 0 Å². The van der Waals surface area contributed by atoms with Crippen molar-refractivity contribution in [2.75, 3.05) is 36.0 Å². The number of thioether (sulfide) groups is 1. The fraction of sp³-hybridized carbons (Fsp3) is 0.250. The van der Waals surface area contributed by atoms with Crippen molar-refractivity contribution < 1.29 is 40.5 Å². The second-order valence-corrected chi connectivity index (χ2v) is 21.3. The first-order valence-corrected chi connectivity index (χ1v) is 26.3. The first-order valence-electron chi connectivity index (χ1n) is 20.9. The highest BCUT2D eigenvalue weighted by Crippen LogP contribution is 2.47. The summed E-state index contributed by atoms with van der Waals surface area (Å²) in [5.74, 6) is -1.60. The SMILES string of the molecule is COC(=O)c1ccc2sc(/C=C/C3=C(N(c4ccccc4)c4ccccc4)C(=C/C=C4\Sc5ccc(C)cc5N4CCCC(=O)NS(C)(=O)=O)/CC3)[n+](CCCC(=O)NS(C)(=O)=O)c2c1. The average molecular weight is 953 g/mol. The normalized spacial score (nSPS) is 15.3. The number of aryl methyl sites for hydroxylation is 2. The Morgan fingerprint density at radius 2 is 1.45 bits per heavy atom. The van der Waals surface area contributed by atoms with E-state index in [-0.39, 0.29) is 12.8 Å². The van der Waals surface area contributed by atoms with Crippen LogP contribution >= 0.6 is 23.1 Å². The standard InChI is InChI=1S/C48H49N5O8S4/c1-33-19-25-41-39(31-33)51(29-11-17-43(54)49-64(3,57)58)45(62-41)27-23-34-20-21-35(47(34)53(37-13-7-5-8-14-37)38-15-9-6-10-16-38)24-28-46-52(30-12-18-44(55)50-65(4,59)60)40-32-36(48(56)61-2)22-26-42(40)63-46/h5-10,13-16,19,22-28,31-32H,11-12,17-18,20-21,29-30H2,1-4H3,(H-,49,50,54,55)/p+1. The van der Waals surface area contributed by atoms with Gasteiger partial charge in [-0.2, -0.15) is 4.57 Å². The Bertz CT molecular complexity index is 2940. The fourth-order valence-corrected chi connectivity index (χ4v) is 11.0. The third-order valence-electron chi connectivity index (χ3n) is 10.6. The Labute approximate surface area is 388 Å². The number of nitrogens with one attached hydrogen (secondary N) is 2. The van der Waals surface area contributed by atoms with Crippen molar-refractivity contribution in [3.05, 3.63) is 153 Å². The van der Waals surface area contributed by atoms with Crippen LogP contribution < -0.4 is 23.8 Å². The summed E-state index contributed by atoms with van der Waals surface area (Å²) in [6.45, 7) is 2.93. The Morgan fingerprint density at radius 3 is 2.08 bits per heavy atom. The van der Waals surface area contributed by atoms with Crippen molar-refractivity contribution in [2.24, 2.45) is 0 Å². The van der Waals surface area contributed by atoms with Gasteiger partial charge in [-0.15, -0.1) is 0 Å². The Balaban J connectivity index is 1.30. The summed E-state index contributed by atoms with van der Waals surface area (Å²) in [6.07, 6.45) is 12.7. The number of thiazole rings is 1. The highest BCUT2D eigenvalue weighted by Gasteiger charge is 2.29. The third-order valence-corrected chi connectivity index (χ3v) is 14.0. The molecule has 1 aliphatic carbocycles. The van der Waals surface area contributed by atoms with Crippen molar-refractivity contribution >= 4 is 94.3 Å². The summed E-state index contributed by atoms with van der Waals surface area (Å²) in [5.41, 5.74) is 8.48. The number of allylic oxidation sites excluding steroid dienone is 5. The topological polar surface area (TPSA) is 163 Å². The van der Waals surface area contributed by atoms with Gasteiger partial charge >= 0.3 is 5.97 Å². The molecule has 13 nitrogen and oxygen atoms in total. The molecule has 0 fully saturated rings. The molecule has 2 heterocycles. The highest BCUT2D eigenvalue weighted by molar-refractivity contribution is 8.03. The number of carbonyl (C=O) groups is 3. The minimum Gasteiger partial charge on any atom is -0.465 e. The molecule has 1 aliphatic heterocycles. The summed E-state index contributed by atoms with van der Waals surface area (Å²) in [7, 11) is -6.02. The molecule has 2 aliphatic rings. The molecule has 2 N–H and O–H groups in total. The number of ether oxygens (including phenoxy) is 1. The van der Waals surface area contributed by atoms with E-state index < -0.39 is 37.8 Å². The van der Waals surface area contributed by atoms with Gasteiger partial charge in [-0.1, -0.05) is 71.6 Å². The number of nitrogens with zero attached hydrogens (tertiary/aromatic N) is 3. The minimum atomic E-state index is -3.70. The van der Waals surface area contributed by atoms with Gasteiger partial charge in [-0.3, -0.25) is 19.0 Å². The number of sulfonamides is 2. The second kappa shape index (κ2) is 20.4. The van der Waals surface area contributed by atoms with Crippen molar-refractivity contribution in [1.82, 2.24) is 9.44 Å². The largest absolute Gasteiger partial charge is 0.465 e.